The minimum atomic E-state index is 0.477. The molecule has 1 heterocycles. The molecule has 1 aromatic carbocycles. The molecule has 2 aromatic rings. The second-order valence-corrected chi connectivity index (χ2v) is 5.38. The summed E-state index contributed by atoms with van der Waals surface area (Å²) in [4.78, 5) is 2.21. The van der Waals surface area contributed by atoms with Gasteiger partial charge in [0.15, 0.2) is 0 Å². The Morgan fingerprint density at radius 2 is 1.95 bits per heavy atom. The summed E-state index contributed by atoms with van der Waals surface area (Å²) in [6, 6.07) is 11.1. The molecule has 0 radical (unpaired) electrons. The van der Waals surface area contributed by atoms with Gasteiger partial charge in [0, 0.05) is 43.1 Å². The zero-order valence-electron chi connectivity index (χ0n) is 12.8. The summed E-state index contributed by atoms with van der Waals surface area (Å²) in [5, 5.41) is 10.8. The molecule has 0 saturated carbocycles. The van der Waals surface area contributed by atoms with Crippen LogP contribution in [0.15, 0.2) is 30.3 Å². The summed E-state index contributed by atoms with van der Waals surface area (Å²) in [7, 11) is 2.10. The van der Waals surface area contributed by atoms with Crippen LogP contribution < -0.4 is 10.2 Å². The number of nitrogens with zero attached hydrogens (tertiary/aromatic N) is 2. The average molecular weight is 272 g/mol. The molecule has 0 saturated heterocycles. The van der Waals surface area contributed by atoms with Crippen molar-refractivity contribution in [1.29, 1.82) is 0 Å². The minimum absolute atomic E-state index is 0.477. The van der Waals surface area contributed by atoms with Crippen molar-refractivity contribution in [2.75, 3.05) is 18.5 Å². The minimum Gasteiger partial charge on any atom is -0.375 e. The number of hydrogen-bond acceptors (Lipinski definition) is 3. The first-order valence-corrected chi connectivity index (χ1v) is 7.19. The van der Waals surface area contributed by atoms with E-state index in [1.807, 2.05) is 0 Å². The number of nitrogens with one attached hydrogen (secondary N) is 2. The highest BCUT2D eigenvalue weighted by molar-refractivity contribution is 5.63. The highest BCUT2D eigenvalue weighted by Crippen LogP contribution is 2.21. The molecule has 1 aromatic heterocycles. The average Bonchev–Trinajstić information content (AvgIpc) is 2.93. The molecule has 4 heteroatoms. The van der Waals surface area contributed by atoms with Gasteiger partial charge in [-0.05, 0) is 25.1 Å². The second-order valence-electron chi connectivity index (χ2n) is 5.38. The van der Waals surface area contributed by atoms with Crippen LogP contribution in [0.25, 0.3) is 11.3 Å². The summed E-state index contributed by atoms with van der Waals surface area (Å²) in [6.45, 7) is 8.25. The van der Waals surface area contributed by atoms with Crippen molar-refractivity contribution in [3.63, 3.8) is 0 Å². The Morgan fingerprint density at radius 3 is 2.55 bits per heavy atom. The fraction of sp³-hybridized carbons (Fsp3) is 0.438. The number of benzene rings is 1. The Balaban J connectivity index is 2.08. The van der Waals surface area contributed by atoms with E-state index in [0.29, 0.717) is 6.04 Å². The van der Waals surface area contributed by atoms with E-state index in [-0.39, 0.29) is 0 Å². The van der Waals surface area contributed by atoms with E-state index in [1.54, 1.807) is 0 Å². The Morgan fingerprint density at radius 1 is 1.25 bits per heavy atom. The monoisotopic (exact) mass is 272 g/mol. The molecule has 0 amide bonds. The molecule has 0 aliphatic heterocycles. The van der Waals surface area contributed by atoms with E-state index >= 15 is 0 Å². The van der Waals surface area contributed by atoms with E-state index in [2.05, 4.69) is 78.6 Å². The molecule has 108 valence electrons. The van der Waals surface area contributed by atoms with Crippen LogP contribution in [0, 0.1) is 0 Å². The van der Waals surface area contributed by atoms with Gasteiger partial charge >= 0.3 is 0 Å². The quantitative estimate of drug-likeness (QED) is 0.849. The normalized spacial score (nSPS) is 11.1. The zero-order chi connectivity index (χ0) is 14.5. The van der Waals surface area contributed by atoms with Gasteiger partial charge in [-0.25, -0.2) is 0 Å². The van der Waals surface area contributed by atoms with Crippen molar-refractivity contribution in [3.8, 4) is 11.3 Å². The van der Waals surface area contributed by atoms with Crippen molar-refractivity contribution in [3.05, 3.63) is 36.0 Å². The summed E-state index contributed by atoms with van der Waals surface area (Å²) in [5.41, 5.74) is 4.48. The van der Waals surface area contributed by atoms with E-state index in [4.69, 9.17) is 0 Å². The first kappa shape index (κ1) is 14.6. The number of anilines is 1. The first-order chi connectivity index (χ1) is 9.60. The lowest BCUT2D eigenvalue weighted by Gasteiger charge is -2.16. The first-order valence-electron chi connectivity index (χ1n) is 7.19. The van der Waals surface area contributed by atoms with Crippen molar-refractivity contribution in [2.45, 2.75) is 33.4 Å². The van der Waals surface area contributed by atoms with Gasteiger partial charge in [0.1, 0.15) is 0 Å². The third-order valence-corrected chi connectivity index (χ3v) is 3.41. The van der Waals surface area contributed by atoms with Crippen LogP contribution in [0.3, 0.4) is 0 Å². The lowest BCUT2D eigenvalue weighted by Crippen LogP contribution is -2.21. The van der Waals surface area contributed by atoms with Crippen molar-refractivity contribution in [1.82, 2.24) is 15.5 Å². The van der Waals surface area contributed by atoms with Crippen LogP contribution in [0.1, 0.15) is 26.5 Å². The van der Waals surface area contributed by atoms with Gasteiger partial charge in [0.25, 0.3) is 0 Å². The van der Waals surface area contributed by atoms with Crippen LogP contribution in [0.4, 0.5) is 5.69 Å². The Bertz CT molecular complexity index is 528. The lowest BCUT2D eigenvalue weighted by molar-refractivity contribution is 0.580. The Labute approximate surface area is 121 Å². The van der Waals surface area contributed by atoms with Crippen LogP contribution in [-0.2, 0) is 6.54 Å². The van der Waals surface area contributed by atoms with Gasteiger partial charge in [-0.2, -0.15) is 5.10 Å². The molecule has 0 atom stereocenters. The summed E-state index contributed by atoms with van der Waals surface area (Å²) < 4.78 is 0. The molecule has 0 unspecified atom stereocenters. The maximum absolute atomic E-state index is 4.38. The van der Waals surface area contributed by atoms with Gasteiger partial charge in [-0.3, -0.25) is 5.10 Å². The van der Waals surface area contributed by atoms with Gasteiger partial charge in [-0.15, -0.1) is 0 Å². The maximum atomic E-state index is 4.38. The molecular weight excluding hydrogens is 248 g/mol. The maximum Gasteiger partial charge on any atom is 0.0924 e. The molecule has 0 bridgehead atoms. The Hall–Kier alpha value is -1.81. The van der Waals surface area contributed by atoms with Gasteiger partial charge in [-0.1, -0.05) is 26.0 Å². The smallest absolute Gasteiger partial charge is 0.0924 e. The summed E-state index contributed by atoms with van der Waals surface area (Å²) in [6.07, 6.45) is 0. The highest BCUT2D eigenvalue weighted by atomic mass is 15.1. The van der Waals surface area contributed by atoms with Gasteiger partial charge in [0.2, 0.25) is 0 Å². The largest absolute Gasteiger partial charge is 0.375 e. The number of aromatic nitrogens is 2. The fourth-order valence-electron chi connectivity index (χ4n) is 1.98. The topological polar surface area (TPSA) is 44.0 Å². The van der Waals surface area contributed by atoms with E-state index < -0.39 is 0 Å². The summed E-state index contributed by atoms with van der Waals surface area (Å²) in [5.74, 6) is 0. The molecule has 4 nitrogen and oxygen atoms in total. The number of aromatic amines is 1. The molecule has 0 aliphatic carbocycles. The third-order valence-electron chi connectivity index (χ3n) is 3.41. The fourth-order valence-corrected chi connectivity index (χ4v) is 1.98. The van der Waals surface area contributed by atoms with E-state index in [1.165, 1.54) is 5.69 Å². The zero-order valence-corrected chi connectivity index (χ0v) is 12.8. The number of rotatable bonds is 6. The molecule has 20 heavy (non-hydrogen) atoms. The highest BCUT2D eigenvalue weighted by Gasteiger charge is 2.05. The molecule has 0 fully saturated rings. The molecule has 0 aliphatic rings. The van der Waals surface area contributed by atoms with E-state index in [9.17, 15) is 0 Å². The van der Waals surface area contributed by atoms with Crippen LogP contribution in [0.5, 0.6) is 0 Å². The van der Waals surface area contributed by atoms with Gasteiger partial charge in [0.05, 0.1) is 5.69 Å². The van der Waals surface area contributed by atoms with Crippen LogP contribution in [-0.4, -0.2) is 29.8 Å². The summed E-state index contributed by atoms with van der Waals surface area (Å²) >= 11 is 0. The molecular formula is C16H24N4. The third kappa shape index (κ3) is 3.61. The predicted molar refractivity (Wildman–Crippen MR) is 84.9 cm³/mol. The molecule has 0 spiro atoms. The van der Waals surface area contributed by atoms with Crippen LogP contribution in [0.2, 0.25) is 0 Å². The van der Waals surface area contributed by atoms with Gasteiger partial charge < -0.3 is 10.2 Å². The standard InChI is InChI=1S/C16H24N4/c1-5-20(4)15-8-6-13(7-9-15)16-10-14(18-19-16)11-17-12(2)3/h6-10,12,17H,5,11H2,1-4H3,(H,18,19). The van der Waals surface area contributed by atoms with Crippen molar-refractivity contribution in [2.24, 2.45) is 0 Å². The van der Waals surface area contributed by atoms with Crippen molar-refractivity contribution < 1.29 is 0 Å². The van der Waals surface area contributed by atoms with Crippen molar-refractivity contribution >= 4 is 5.69 Å². The lowest BCUT2D eigenvalue weighted by atomic mass is 10.1. The van der Waals surface area contributed by atoms with Crippen LogP contribution >= 0.6 is 0 Å². The number of hydrogen-bond donors (Lipinski definition) is 2. The van der Waals surface area contributed by atoms with E-state index in [0.717, 1.165) is 30.0 Å². The number of H-pyrrole nitrogens is 1. The second kappa shape index (κ2) is 6.57. The molecule has 2 N–H and O–H groups in total. The predicted octanol–water partition coefficient (Wildman–Crippen LogP) is 3.03. The molecule has 2 rings (SSSR count). The Kier molecular flexibility index (Phi) is 4.79. The SMILES string of the molecule is CCN(C)c1ccc(-c2cc(CNC(C)C)[nH]n2)cc1.